The quantitative estimate of drug-likeness (QED) is 0.225. The topological polar surface area (TPSA) is 150 Å². The van der Waals surface area contributed by atoms with Gasteiger partial charge in [0, 0.05) is 24.9 Å². The molecule has 0 radical (unpaired) electrons. The van der Waals surface area contributed by atoms with Gasteiger partial charge < -0.3 is 20.1 Å². The Balaban J connectivity index is 1.57. The third-order valence-electron chi connectivity index (χ3n) is 6.78. The Morgan fingerprint density at radius 2 is 1.95 bits per heavy atom. The molecule has 1 aromatic rings. The first-order chi connectivity index (χ1) is 19.2. The minimum absolute atomic E-state index is 0.0328. The standard InChI is InChI=1S/C26H32F3N3O7S2/c1-16-5-8-22(40-16)21(24(36)31-19(15-33)13-23(34)35)4-2-3-10-30-41(38,39)20-7-6-17-9-11-32(14-18(17)12-20)25(37)26(27,28)29/h6-8,12,15-16,19,21,30H,2-5,9-11,13-14H2,1H3,(H,31,36)(H,34,35)/t16?,19-,21?/m0/s1. The summed E-state index contributed by atoms with van der Waals surface area (Å²) in [5.41, 5.74) is 1.01. The number of carbonyl (C=O) groups is 4. The highest BCUT2D eigenvalue weighted by Gasteiger charge is 2.43. The number of unbranched alkanes of at least 4 members (excludes halogenated alkanes) is 1. The number of benzene rings is 1. The highest BCUT2D eigenvalue weighted by atomic mass is 32.2. The van der Waals surface area contributed by atoms with Crippen LogP contribution in [0.3, 0.4) is 0 Å². The molecule has 2 aliphatic heterocycles. The molecule has 2 aliphatic rings. The van der Waals surface area contributed by atoms with Crippen molar-refractivity contribution < 1.29 is 45.9 Å². The van der Waals surface area contributed by atoms with Crippen molar-refractivity contribution in [3.63, 3.8) is 0 Å². The maximum Gasteiger partial charge on any atom is 0.471 e. The summed E-state index contributed by atoms with van der Waals surface area (Å²) in [6.07, 6.45) is -1.14. The number of aldehydes is 1. The van der Waals surface area contributed by atoms with Gasteiger partial charge in [0.1, 0.15) is 6.29 Å². The second-order valence-electron chi connectivity index (χ2n) is 9.97. The molecule has 0 aromatic heterocycles. The van der Waals surface area contributed by atoms with E-state index in [0.717, 1.165) is 11.3 Å². The lowest BCUT2D eigenvalue weighted by Crippen LogP contribution is -2.43. The Morgan fingerprint density at radius 1 is 1.22 bits per heavy atom. The van der Waals surface area contributed by atoms with Gasteiger partial charge in [0.2, 0.25) is 15.9 Å². The van der Waals surface area contributed by atoms with Gasteiger partial charge in [-0.2, -0.15) is 13.2 Å². The number of amides is 2. The van der Waals surface area contributed by atoms with Gasteiger partial charge in [-0.1, -0.05) is 25.5 Å². The number of hydrogen-bond acceptors (Lipinski definition) is 7. The number of sulfonamides is 1. The maximum absolute atomic E-state index is 12.9. The zero-order valence-electron chi connectivity index (χ0n) is 22.3. The summed E-state index contributed by atoms with van der Waals surface area (Å²) >= 11 is 1.53. The second kappa shape index (κ2) is 13.8. The number of carboxylic acid groups (broad SMARTS) is 1. The summed E-state index contributed by atoms with van der Waals surface area (Å²) in [5.74, 6) is -4.27. The van der Waals surface area contributed by atoms with Crippen LogP contribution >= 0.6 is 11.8 Å². The van der Waals surface area contributed by atoms with Gasteiger partial charge in [0.05, 0.1) is 23.3 Å². The fourth-order valence-corrected chi connectivity index (χ4v) is 7.02. The molecule has 15 heteroatoms. The fourth-order valence-electron chi connectivity index (χ4n) is 4.66. The van der Waals surface area contributed by atoms with E-state index in [1.54, 1.807) is 0 Å². The highest BCUT2D eigenvalue weighted by Crippen LogP contribution is 2.39. The van der Waals surface area contributed by atoms with Gasteiger partial charge in [-0.3, -0.25) is 14.4 Å². The van der Waals surface area contributed by atoms with Crippen LogP contribution in [0.15, 0.2) is 34.1 Å². The molecule has 2 heterocycles. The number of nitrogens with one attached hydrogen (secondary N) is 2. The van der Waals surface area contributed by atoms with E-state index in [-0.39, 0.29) is 36.2 Å². The first kappa shape index (κ1) is 32.6. The summed E-state index contributed by atoms with van der Waals surface area (Å²) in [6.45, 7) is 1.58. The van der Waals surface area contributed by atoms with Gasteiger partial charge in [-0.15, -0.1) is 11.8 Å². The second-order valence-corrected chi connectivity index (χ2v) is 13.2. The smallest absolute Gasteiger partial charge is 0.471 e. The Kier molecular flexibility index (Phi) is 11.0. The fraction of sp³-hybridized carbons (Fsp3) is 0.538. The molecule has 2 amide bonds. The van der Waals surface area contributed by atoms with E-state index in [9.17, 15) is 40.8 Å². The summed E-state index contributed by atoms with van der Waals surface area (Å²) in [6, 6.07) is 3.02. The van der Waals surface area contributed by atoms with Crippen molar-refractivity contribution in [1.82, 2.24) is 14.9 Å². The van der Waals surface area contributed by atoms with Crippen molar-refractivity contribution in [3.8, 4) is 0 Å². The number of alkyl halides is 3. The van der Waals surface area contributed by atoms with Crippen LogP contribution in [0.25, 0.3) is 0 Å². The summed E-state index contributed by atoms with van der Waals surface area (Å²) in [4.78, 5) is 48.1. The molecule has 3 atom stereocenters. The molecule has 3 N–H and O–H groups in total. The predicted octanol–water partition coefficient (Wildman–Crippen LogP) is 2.77. The Labute approximate surface area is 240 Å². The number of fused-ring (bicyclic) bond motifs is 1. The monoisotopic (exact) mass is 619 g/mol. The largest absolute Gasteiger partial charge is 0.481 e. The lowest BCUT2D eigenvalue weighted by atomic mass is 9.98. The Bertz CT molecular complexity index is 1300. The van der Waals surface area contributed by atoms with Crippen LogP contribution in [-0.4, -0.2) is 73.1 Å². The number of carboxylic acids is 1. The van der Waals surface area contributed by atoms with Crippen molar-refractivity contribution in [2.45, 2.75) is 74.4 Å². The Morgan fingerprint density at radius 3 is 2.56 bits per heavy atom. The molecule has 1 aromatic carbocycles. The van der Waals surface area contributed by atoms with Crippen molar-refractivity contribution in [1.29, 1.82) is 0 Å². The van der Waals surface area contributed by atoms with Crippen molar-refractivity contribution in [2.75, 3.05) is 13.1 Å². The molecule has 41 heavy (non-hydrogen) atoms. The lowest BCUT2D eigenvalue weighted by Gasteiger charge is -2.29. The summed E-state index contributed by atoms with van der Waals surface area (Å²) < 4.78 is 66.7. The number of rotatable bonds is 13. The first-order valence-electron chi connectivity index (χ1n) is 13.0. The van der Waals surface area contributed by atoms with Gasteiger partial charge in [-0.25, -0.2) is 13.1 Å². The molecule has 0 spiro atoms. The summed E-state index contributed by atoms with van der Waals surface area (Å²) in [5, 5.41) is 11.7. The molecule has 2 unspecified atom stereocenters. The number of halogens is 3. The lowest BCUT2D eigenvalue weighted by molar-refractivity contribution is -0.186. The van der Waals surface area contributed by atoms with Crippen molar-refractivity contribution in [3.05, 3.63) is 40.3 Å². The van der Waals surface area contributed by atoms with E-state index in [4.69, 9.17) is 5.11 Å². The van der Waals surface area contributed by atoms with Crippen LogP contribution in [-0.2, 0) is 42.2 Å². The molecule has 0 fully saturated rings. The predicted molar refractivity (Wildman–Crippen MR) is 144 cm³/mol. The zero-order chi connectivity index (χ0) is 30.4. The maximum atomic E-state index is 12.9. The Hall–Kier alpha value is -2.91. The van der Waals surface area contributed by atoms with E-state index in [0.29, 0.717) is 41.6 Å². The van der Waals surface area contributed by atoms with Gasteiger partial charge in [-0.05, 0) is 53.8 Å². The molecule has 0 saturated carbocycles. The molecule has 0 saturated heterocycles. The first-order valence-corrected chi connectivity index (χ1v) is 15.4. The molecule has 10 nitrogen and oxygen atoms in total. The van der Waals surface area contributed by atoms with Crippen molar-refractivity contribution >= 4 is 45.9 Å². The van der Waals surface area contributed by atoms with Crippen LogP contribution in [0, 0.1) is 5.92 Å². The van der Waals surface area contributed by atoms with Crippen LogP contribution in [0.1, 0.15) is 50.2 Å². The van der Waals surface area contributed by atoms with Crippen LogP contribution in [0.5, 0.6) is 0 Å². The number of nitrogens with zero attached hydrogens (tertiary/aromatic N) is 1. The van der Waals surface area contributed by atoms with E-state index < -0.39 is 52.4 Å². The highest BCUT2D eigenvalue weighted by molar-refractivity contribution is 8.03. The van der Waals surface area contributed by atoms with E-state index in [2.05, 4.69) is 10.0 Å². The molecular formula is C26H32F3N3O7S2. The average molecular weight is 620 g/mol. The van der Waals surface area contributed by atoms with Gasteiger partial charge in [0.25, 0.3) is 0 Å². The molecule has 0 bridgehead atoms. The van der Waals surface area contributed by atoms with Crippen LogP contribution < -0.4 is 10.0 Å². The van der Waals surface area contributed by atoms with Crippen LogP contribution in [0.2, 0.25) is 0 Å². The van der Waals surface area contributed by atoms with Crippen molar-refractivity contribution in [2.24, 2.45) is 5.92 Å². The number of carbonyl (C=O) groups excluding carboxylic acids is 3. The normalized spacial score (nSPS) is 18.7. The van der Waals surface area contributed by atoms with E-state index in [1.807, 2.05) is 13.0 Å². The molecule has 0 aliphatic carbocycles. The van der Waals surface area contributed by atoms with Crippen LogP contribution in [0.4, 0.5) is 13.2 Å². The molecular weight excluding hydrogens is 587 g/mol. The molecule has 3 rings (SSSR count). The van der Waals surface area contributed by atoms with E-state index >= 15 is 0 Å². The number of hydrogen-bond donors (Lipinski definition) is 3. The minimum atomic E-state index is -5.01. The zero-order valence-corrected chi connectivity index (χ0v) is 23.9. The van der Waals surface area contributed by atoms with Gasteiger partial charge >= 0.3 is 18.1 Å². The molecule has 226 valence electrons. The number of allylic oxidation sites excluding steroid dienone is 1. The summed E-state index contributed by atoms with van der Waals surface area (Å²) in [7, 11) is -4.00. The average Bonchev–Trinajstić information content (AvgIpc) is 3.33. The number of thioether (sulfide) groups is 1. The third-order valence-corrected chi connectivity index (χ3v) is 9.55. The number of aliphatic carboxylic acids is 1. The minimum Gasteiger partial charge on any atom is -0.481 e. The van der Waals surface area contributed by atoms with E-state index in [1.165, 1.54) is 30.0 Å². The third kappa shape index (κ3) is 9.04. The van der Waals surface area contributed by atoms with Gasteiger partial charge in [0.15, 0.2) is 0 Å². The SMILES string of the molecule is CC1CC=C(C(CCCCNS(=O)(=O)c2ccc3c(c2)CN(C(=O)C(F)(F)F)CC3)C(=O)N[C@H](C=O)CC(=O)O)S1.